The van der Waals surface area contributed by atoms with E-state index >= 15 is 0 Å². The summed E-state index contributed by atoms with van der Waals surface area (Å²) < 4.78 is 5.75. The summed E-state index contributed by atoms with van der Waals surface area (Å²) in [6.45, 7) is 2.22. The van der Waals surface area contributed by atoms with Gasteiger partial charge in [-0.05, 0) is 54.8 Å². The first-order chi connectivity index (χ1) is 11.0. The van der Waals surface area contributed by atoms with Gasteiger partial charge in [0, 0.05) is 37.5 Å². The molecule has 4 heteroatoms. The highest BCUT2D eigenvalue weighted by atomic mass is 16.3. The van der Waals surface area contributed by atoms with Gasteiger partial charge in [0.2, 0.25) is 5.91 Å². The predicted octanol–water partition coefficient (Wildman–Crippen LogP) is 4.12. The Bertz CT molecular complexity index is 713. The standard InChI is InChI=1S/C19H22N2O2/c1-13-12-17(13)18-10-8-16(23-18)9-11-19(22)20-14-4-6-15(7-5-14)21(2)3/h4-11,13,17H,12H2,1-3H3,(H,20,22)/b11-9+/t13-,17+/m1/s1. The summed E-state index contributed by atoms with van der Waals surface area (Å²) in [6, 6.07) is 11.6. The Balaban J connectivity index is 1.57. The summed E-state index contributed by atoms with van der Waals surface area (Å²) in [6.07, 6.45) is 4.40. The number of carbonyl (C=O) groups is 1. The summed E-state index contributed by atoms with van der Waals surface area (Å²) in [5, 5.41) is 2.84. The van der Waals surface area contributed by atoms with Crippen LogP contribution in [0.2, 0.25) is 0 Å². The second-order valence-corrected chi connectivity index (χ2v) is 6.32. The van der Waals surface area contributed by atoms with Gasteiger partial charge in [-0.2, -0.15) is 0 Å². The van der Waals surface area contributed by atoms with E-state index < -0.39 is 0 Å². The lowest BCUT2D eigenvalue weighted by atomic mass is 10.2. The normalized spacial score (nSPS) is 19.8. The molecule has 23 heavy (non-hydrogen) atoms. The molecule has 1 amide bonds. The molecule has 1 heterocycles. The highest BCUT2D eigenvalue weighted by Crippen LogP contribution is 2.47. The van der Waals surface area contributed by atoms with E-state index in [9.17, 15) is 4.79 Å². The van der Waals surface area contributed by atoms with E-state index in [0.717, 1.165) is 22.9 Å². The number of nitrogens with zero attached hydrogens (tertiary/aromatic N) is 1. The number of amides is 1. The van der Waals surface area contributed by atoms with E-state index in [1.165, 1.54) is 12.5 Å². The fourth-order valence-electron chi connectivity index (χ4n) is 2.56. The number of nitrogens with one attached hydrogen (secondary N) is 1. The Morgan fingerprint density at radius 1 is 1.22 bits per heavy atom. The second-order valence-electron chi connectivity index (χ2n) is 6.32. The van der Waals surface area contributed by atoms with Crippen LogP contribution in [-0.4, -0.2) is 20.0 Å². The van der Waals surface area contributed by atoms with Gasteiger partial charge in [0.05, 0.1) is 0 Å². The molecule has 0 unspecified atom stereocenters. The van der Waals surface area contributed by atoms with Crippen molar-refractivity contribution in [2.24, 2.45) is 5.92 Å². The molecule has 1 aliphatic rings. The lowest BCUT2D eigenvalue weighted by Gasteiger charge is -2.12. The van der Waals surface area contributed by atoms with Crippen LogP contribution >= 0.6 is 0 Å². The van der Waals surface area contributed by atoms with Crippen LogP contribution in [0.5, 0.6) is 0 Å². The molecule has 0 spiro atoms. The molecule has 0 bridgehead atoms. The fourth-order valence-corrected chi connectivity index (χ4v) is 2.56. The number of benzene rings is 1. The lowest BCUT2D eigenvalue weighted by molar-refractivity contribution is -0.111. The Kier molecular flexibility index (Phi) is 4.24. The average molecular weight is 310 g/mol. The van der Waals surface area contributed by atoms with Gasteiger partial charge in [0.1, 0.15) is 11.5 Å². The van der Waals surface area contributed by atoms with Crippen molar-refractivity contribution < 1.29 is 9.21 Å². The molecule has 0 radical (unpaired) electrons. The number of anilines is 2. The van der Waals surface area contributed by atoms with E-state index in [1.54, 1.807) is 6.08 Å². The van der Waals surface area contributed by atoms with Crippen molar-refractivity contribution in [3.8, 4) is 0 Å². The van der Waals surface area contributed by atoms with Gasteiger partial charge in [-0.15, -0.1) is 0 Å². The minimum Gasteiger partial charge on any atom is -0.461 e. The molecule has 1 aromatic carbocycles. The number of carbonyl (C=O) groups excluding carboxylic acids is 1. The molecule has 4 nitrogen and oxygen atoms in total. The van der Waals surface area contributed by atoms with Crippen molar-refractivity contribution >= 4 is 23.4 Å². The first kappa shape index (κ1) is 15.4. The first-order valence-corrected chi connectivity index (χ1v) is 7.89. The van der Waals surface area contributed by atoms with Crippen LogP contribution in [0.1, 0.15) is 30.8 Å². The summed E-state index contributed by atoms with van der Waals surface area (Å²) in [7, 11) is 3.96. The van der Waals surface area contributed by atoms with Gasteiger partial charge in [0.15, 0.2) is 0 Å². The van der Waals surface area contributed by atoms with Gasteiger partial charge in [-0.1, -0.05) is 6.92 Å². The second kappa shape index (κ2) is 6.32. The van der Waals surface area contributed by atoms with Crippen molar-refractivity contribution in [3.63, 3.8) is 0 Å². The molecule has 3 rings (SSSR count). The van der Waals surface area contributed by atoms with Crippen LogP contribution in [0.25, 0.3) is 6.08 Å². The number of rotatable bonds is 5. The highest BCUT2D eigenvalue weighted by molar-refractivity contribution is 6.01. The van der Waals surface area contributed by atoms with Crippen molar-refractivity contribution in [1.29, 1.82) is 0 Å². The summed E-state index contributed by atoms with van der Waals surface area (Å²) in [5.41, 5.74) is 1.87. The summed E-state index contributed by atoms with van der Waals surface area (Å²) in [5.74, 6) is 2.85. The summed E-state index contributed by atoms with van der Waals surface area (Å²) >= 11 is 0. The highest BCUT2D eigenvalue weighted by Gasteiger charge is 2.36. The molecule has 1 aromatic heterocycles. The molecule has 0 saturated heterocycles. The van der Waals surface area contributed by atoms with Crippen LogP contribution in [0.4, 0.5) is 11.4 Å². The molecule has 1 fully saturated rings. The minimum absolute atomic E-state index is 0.166. The smallest absolute Gasteiger partial charge is 0.248 e. The van der Waals surface area contributed by atoms with Gasteiger partial charge < -0.3 is 14.6 Å². The number of hydrogen-bond donors (Lipinski definition) is 1. The molecule has 2 aromatic rings. The quantitative estimate of drug-likeness (QED) is 0.845. The lowest BCUT2D eigenvalue weighted by Crippen LogP contribution is -2.10. The number of furan rings is 1. The van der Waals surface area contributed by atoms with Crippen molar-refractivity contribution in [2.45, 2.75) is 19.3 Å². The molecular weight excluding hydrogens is 288 g/mol. The molecule has 120 valence electrons. The Hall–Kier alpha value is -2.49. The number of hydrogen-bond acceptors (Lipinski definition) is 3. The zero-order valence-electron chi connectivity index (χ0n) is 13.7. The molecule has 1 aliphatic carbocycles. The zero-order valence-corrected chi connectivity index (χ0v) is 13.7. The maximum Gasteiger partial charge on any atom is 0.248 e. The van der Waals surface area contributed by atoms with E-state index in [-0.39, 0.29) is 5.91 Å². The maximum absolute atomic E-state index is 12.0. The average Bonchev–Trinajstić information content (AvgIpc) is 3.08. The van der Waals surface area contributed by atoms with Crippen LogP contribution < -0.4 is 10.2 Å². The maximum atomic E-state index is 12.0. The predicted molar refractivity (Wildman–Crippen MR) is 93.7 cm³/mol. The van der Waals surface area contributed by atoms with Crippen LogP contribution in [0.3, 0.4) is 0 Å². The van der Waals surface area contributed by atoms with Gasteiger partial charge in [0.25, 0.3) is 0 Å². The van der Waals surface area contributed by atoms with Gasteiger partial charge in [-0.25, -0.2) is 0 Å². The van der Waals surface area contributed by atoms with E-state index in [1.807, 2.05) is 55.4 Å². The van der Waals surface area contributed by atoms with Gasteiger partial charge in [-0.3, -0.25) is 4.79 Å². The Morgan fingerprint density at radius 2 is 1.91 bits per heavy atom. The van der Waals surface area contributed by atoms with Crippen LogP contribution in [0, 0.1) is 5.92 Å². The van der Waals surface area contributed by atoms with Crippen molar-refractivity contribution in [3.05, 3.63) is 54.0 Å². The third-order valence-electron chi connectivity index (χ3n) is 4.17. The van der Waals surface area contributed by atoms with Crippen molar-refractivity contribution in [2.75, 3.05) is 24.3 Å². The SMILES string of the molecule is C[C@@H]1C[C@@H]1c1ccc(/C=C/C(=O)Nc2ccc(N(C)C)cc2)o1. The van der Waals surface area contributed by atoms with Crippen molar-refractivity contribution in [1.82, 2.24) is 0 Å². The molecule has 1 saturated carbocycles. The van der Waals surface area contributed by atoms with E-state index in [4.69, 9.17) is 4.42 Å². The first-order valence-electron chi connectivity index (χ1n) is 7.89. The zero-order chi connectivity index (χ0) is 16.4. The largest absolute Gasteiger partial charge is 0.461 e. The van der Waals surface area contributed by atoms with Gasteiger partial charge >= 0.3 is 0 Å². The molecule has 1 N–H and O–H groups in total. The topological polar surface area (TPSA) is 45.5 Å². The third-order valence-corrected chi connectivity index (χ3v) is 4.17. The summed E-state index contributed by atoms with van der Waals surface area (Å²) in [4.78, 5) is 14.0. The third kappa shape index (κ3) is 3.83. The Labute approximate surface area is 136 Å². The van der Waals surface area contributed by atoms with E-state index in [0.29, 0.717) is 11.8 Å². The molecule has 0 aliphatic heterocycles. The monoisotopic (exact) mass is 310 g/mol. The Morgan fingerprint density at radius 3 is 2.52 bits per heavy atom. The van der Waals surface area contributed by atoms with E-state index in [2.05, 4.69) is 12.2 Å². The van der Waals surface area contributed by atoms with Crippen LogP contribution in [0.15, 0.2) is 46.9 Å². The molecule has 2 atom stereocenters. The fraction of sp³-hybridized carbons (Fsp3) is 0.316. The molecular formula is C19H22N2O2. The van der Waals surface area contributed by atoms with Crippen LogP contribution in [-0.2, 0) is 4.79 Å². The minimum atomic E-state index is -0.166.